The summed E-state index contributed by atoms with van der Waals surface area (Å²) < 4.78 is 7.27. The maximum atomic E-state index is 7.27. The van der Waals surface area contributed by atoms with Crippen molar-refractivity contribution in [2.24, 2.45) is 0 Å². The van der Waals surface area contributed by atoms with Gasteiger partial charge < -0.3 is 0 Å². The Kier molecular flexibility index (Phi) is 176. The molecular formula is HS119W. The molecule has 0 aromatic carbocycles. The summed E-state index contributed by atoms with van der Waals surface area (Å²) in [6, 6.07) is 0. The first kappa shape index (κ1) is 145. The Morgan fingerprint density at radius 1 is 0.0833 bits per heavy atom. The second-order valence-electron chi connectivity index (χ2n) is 8.03. The smallest absolute Gasteiger partial charge is 0 e. The number of rotatable bonds is 0. The molecule has 0 fully saturated rings. The van der Waals surface area contributed by atoms with Crippen LogP contribution in [0, 0.1) is 0 Å². The van der Waals surface area contributed by atoms with Gasteiger partial charge in [-0.15, -0.1) is 0 Å². The summed E-state index contributed by atoms with van der Waals surface area (Å²) in [4.78, 5) is 0. The number of hydrogen-bond donors (Lipinski definition) is 0. The third-order valence-corrected chi connectivity index (χ3v) is 267. The second-order valence-corrected chi connectivity index (χ2v) is 220. The van der Waals surface area contributed by atoms with Crippen LogP contribution < -0.4 is 0 Å². The van der Waals surface area contributed by atoms with E-state index in [1.54, 1.807) is 105 Å². The molecule has 0 unspecified atom stereocenters. The average molecular weight is 4000 g/mol. The van der Waals surface area contributed by atoms with E-state index in [4.69, 9.17) is 11.9 Å². The van der Waals surface area contributed by atoms with E-state index < -0.39 is 17.8 Å². The Morgan fingerprint density at radius 3 is 0.183 bits per heavy atom. The van der Waals surface area contributed by atoms with E-state index in [0.29, 0.717) is 0 Å². The van der Waals surface area contributed by atoms with Gasteiger partial charge in [0.25, 0.3) is 0 Å². The normalized spacial score (nSPS) is 7.98. The van der Waals surface area contributed by atoms with Crippen molar-refractivity contribution in [3.8, 4) is 0 Å². The molecule has 0 aliphatic rings. The van der Waals surface area contributed by atoms with Gasteiger partial charge in [-0.3, -0.25) is 0 Å². The molecule has 0 aliphatic heterocycles. The topological polar surface area (TPSA) is 0 Å². The predicted octanol–water partition coefficient (Wildman–Crippen LogP) is -0.556. The molecular weight excluding hydrogens is 4000 g/mol. The molecule has 0 saturated carbocycles. The molecule has 0 heterocycles. The SMILES string of the molecule is [3H][W]=[S]=S=S=S=S=S=S=S=S=S=S=S=S=S=S=S=S=S=S=S=S=S=S=S=S=S=S=S=S=S=S=S=S=S=S=S=S=S=S=S=S=S=S=S=S=S=S=S=S=S=S=S=S=S=S=S=S=S=S=S=S=S=S=S=S=S=S=S=S=S=S=S=S=S=S=S=S=S=S=S=S=S=S=S=S=S=S=S=S=S=S=S=S=S=S=S=S=S=S=S=S=S=S=S=S=S=S=S=S=S=S=S=S=S=S=S=S=S=S. The molecule has 120 heavy (non-hydrogen) atoms. The van der Waals surface area contributed by atoms with E-state index in [0.717, 1.165) is 0 Å². The van der Waals surface area contributed by atoms with Crippen molar-refractivity contribution in [3.63, 3.8) is 0 Å². The van der Waals surface area contributed by atoms with Gasteiger partial charge in [0.2, 0.25) is 0 Å². The Labute approximate surface area is 1040 Å². The van der Waals surface area contributed by atoms with Gasteiger partial charge in [0.1, 0.15) is 0 Å². The minimum Gasteiger partial charge on any atom is 0 e. The molecule has 0 saturated heterocycles. The second kappa shape index (κ2) is 146. The average Bonchev–Trinajstić information content (AvgIpc) is 2.28. The molecule has 0 bridgehead atoms. The van der Waals surface area contributed by atoms with Crippen LogP contribution in [0.5, 0.6) is 0 Å². The van der Waals surface area contributed by atoms with Crippen LogP contribution in [0.3, 0.4) is 0 Å². The van der Waals surface area contributed by atoms with Crippen LogP contribution in [0.25, 0.3) is 0 Å². The summed E-state index contributed by atoms with van der Waals surface area (Å²) in [5.41, 5.74) is 0. The molecule has 0 nitrogen and oxygen atoms in total. The van der Waals surface area contributed by atoms with Crippen LogP contribution in [0.15, 0.2) is 0 Å². The van der Waals surface area contributed by atoms with E-state index >= 15 is 0 Å². The third kappa shape index (κ3) is 145. The van der Waals surface area contributed by atoms with Gasteiger partial charge >= 0.3 is 124 Å². The Hall–Kier alpha value is 26.9. The van der Waals surface area contributed by atoms with Crippen LogP contribution in [-0.2, 0) is 1080 Å². The van der Waals surface area contributed by atoms with Crippen LogP contribution in [-0.4, -0.2) is 0.749 Å². The first-order valence-electron chi connectivity index (χ1n) is 20.2. The summed E-state index contributed by atoms with van der Waals surface area (Å²) >= 11 is 3.99. The van der Waals surface area contributed by atoms with E-state index in [-0.39, 0.29) is 0 Å². The standard InChI is InChI=1S/S119.W.H/c1-3-5-7-9-11-13-15-17-19-21-23-25-27-29-31-33-35-37-39-41-43-45-47-49-51-53-55-57-59-61-63-65-67-69-71-73-75-77-79-81-83-85-87-89-91-93-95-97-99-101-103-105-107-109-111-113-115-117-119-118-116-114-112-110-108-106-104-102-100-98-96-94-92-90-88-86-84-82-80-78-76-74-72-70-68-66-64-62-60-58-56-54-52-50-48-46-44-42-40-38-36-34-32-30-28-26-24-22-20-18-16-14-12-10-8-6-4-2;;/i;;1+2. The molecule has 0 spiro atoms. The molecule has 0 N–H and O–H groups in total. The van der Waals surface area contributed by atoms with Crippen molar-refractivity contribution >= 4 is 1060 Å². The van der Waals surface area contributed by atoms with Crippen molar-refractivity contribution in [3.05, 3.63) is 0 Å². The van der Waals surface area contributed by atoms with Crippen molar-refractivity contribution in [2.75, 3.05) is 0 Å². The summed E-state index contributed by atoms with van der Waals surface area (Å²) in [5.74, 6) is 0. The molecule has 0 rings (SSSR count). The van der Waals surface area contributed by atoms with E-state index in [1.165, 1.54) is 8.88 Å². The zero-order chi connectivity index (χ0) is 86.1. The summed E-state index contributed by atoms with van der Waals surface area (Å²) in [6.45, 7) is 0. The fourth-order valence-corrected chi connectivity index (χ4v) is 324. The zero-order valence-electron chi connectivity index (χ0n) is 50.0. The zero-order valence-corrected chi connectivity index (χ0v) is 149. The molecule has 0 aromatic rings. The third-order valence-electron chi connectivity index (χ3n) is 3.25. The minimum absolute atomic E-state index is 0.845. The van der Waals surface area contributed by atoms with Gasteiger partial charge in [-0.25, -0.2) is 0 Å². The molecule has 0 aliphatic carbocycles. The molecule has 0 radical (unpaired) electrons. The van der Waals surface area contributed by atoms with Crippen molar-refractivity contribution in [1.82, 2.24) is 0 Å². The maximum absolute atomic E-state index is 7.27. The Bertz CT molecular complexity index is 9560. The Balaban J connectivity index is 6.20. The first-order valence-corrected chi connectivity index (χ1v) is 181. The molecule has 0 aromatic heterocycles. The van der Waals surface area contributed by atoms with Crippen molar-refractivity contribution < 1.29 is 17.8 Å². The number of hydrogen-bond acceptors (Lipinski definition) is 1. The quantitative estimate of drug-likeness (QED) is 0.315. The predicted molar refractivity (Wildman–Crippen MR) is 878 cm³/mol. The van der Waals surface area contributed by atoms with Gasteiger partial charge in [0.05, 0.1) is 0 Å². The van der Waals surface area contributed by atoms with Gasteiger partial charge in [-0.2, -0.15) is 0 Å². The summed E-state index contributed by atoms with van der Waals surface area (Å²) in [6.07, 6.45) is 0. The molecule has 0 amide bonds. The van der Waals surface area contributed by atoms with Gasteiger partial charge in [0, 0.05) is 953 Å². The van der Waals surface area contributed by atoms with E-state index in [9.17, 15) is 0 Å². The van der Waals surface area contributed by atoms with E-state index in [2.05, 4.69) is 0 Å². The summed E-state index contributed by atoms with van der Waals surface area (Å²) in [5, 5.41) is 0. The van der Waals surface area contributed by atoms with Gasteiger partial charge in [0.15, 0.2) is 0 Å². The Morgan fingerprint density at radius 2 is 0.133 bits per heavy atom. The van der Waals surface area contributed by atoms with Crippen molar-refractivity contribution in [2.45, 2.75) is 0 Å². The van der Waals surface area contributed by atoms with Crippen LogP contribution >= 0.6 is 0 Å². The van der Waals surface area contributed by atoms with Crippen LogP contribution in [0.1, 0.15) is 0 Å². The van der Waals surface area contributed by atoms with E-state index in [1.807, 2.05) is 932 Å². The van der Waals surface area contributed by atoms with Crippen molar-refractivity contribution in [1.29, 1.82) is 0.749 Å². The van der Waals surface area contributed by atoms with Gasteiger partial charge in [-0.05, 0) is 0 Å². The van der Waals surface area contributed by atoms with Crippen LogP contribution in [0.4, 0.5) is 0 Å². The summed E-state index contributed by atoms with van der Waals surface area (Å²) in [7, 11) is 215. The first-order chi connectivity index (χ1) is 60.4. The molecule has 721 valence electrons. The fraction of sp³-hybridized carbons (Fsp3) is 0. The molecule has 0 atom stereocenters. The van der Waals surface area contributed by atoms with Crippen LogP contribution in [0.2, 0.25) is 0 Å². The molecule has 120 heteroatoms. The minimum atomic E-state index is -0.845. The monoisotopic (exact) mass is 3990 g/mol. The van der Waals surface area contributed by atoms with Gasteiger partial charge in [-0.1, -0.05) is 0 Å². The fourth-order valence-electron chi connectivity index (χ4n) is 1.32.